The maximum Gasteiger partial charge on any atom is 0.220 e. The van der Waals surface area contributed by atoms with E-state index in [-0.39, 0.29) is 5.91 Å². The first-order valence-electron chi connectivity index (χ1n) is 8.29. The molecule has 0 aliphatic carbocycles. The minimum absolute atomic E-state index is 0.0374. The Morgan fingerprint density at radius 2 is 1.58 bits per heavy atom. The van der Waals surface area contributed by atoms with E-state index in [4.69, 9.17) is 18.9 Å². The van der Waals surface area contributed by atoms with Crippen molar-refractivity contribution in [1.82, 2.24) is 5.32 Å². The van der Waals surface area contributed by atoms with Gasteiger partial charge in [-0.3, -0.25) is 4.79 Å². The van der Waals surface area contributed by atoms with E-state index >= 15 is 0 Å². The highest BCUT2D eigenvalue weighted by Crippen LogP contribution is 2.34. The van der Waals surface area contributed by atoms with Gasteiger partial charge in [-0.2, -0.15) is 0 Å². The van der Waals surface area contributed by atoms with Crippen LogP contribution in [0.2, 0.25) is 0 Å². The summed E-state index contributed by atoms with van der Waals surface area (Å²) in [6, 6.07) is 11.3. The van der Waals surface area contributed by atoms with E-state index in [9.17, 15) is 4.79 Å². The maximum atomic E-state index is 12.2. The smallest absolute Gasteiger partial charge is 0.220 e. The molecule has 0 saturated carbocycles. The van der Waals surface area contributed by atoms with Crippen LogP contribution < -0.4 is 24.3 Å². The maximum absolute atomic E-state index is 12.2. The molecule has 0 spiro atoms. The van der Waals surface area contributed by atoms with Gasteiger partial charge in [0.25, 0.3) is 0 Å². The van der Waals surface area contributed by atoms with Crippen molar-refractivity contribution in [2.24, 2.45) is 0 Å². The van der Waals surface area contributed by atoms with Crippen LogP contribution in [0.15, 0.2) is 36.4 Å². The number of aryl methyl sites for hydroxylation is 1. The van der Waals surface area contributed by atoms with E-state index in [0.717, 1.165) is 16.9 Å². The van der Waals surface area contributed by atoms with Crippen molar-refractivity contribution in [3.8, 4) is 23.0 Å². The van der Waals surface area contributed by atoms with E-state index in [1.54, 1.807) is 40.6 Å². The van der Waals surface area contributed by atoms with Crippen molar-refractivity contribution in [2.75, 3.05) is 28.4 Å². The van der Waals surface area contributed by atoms with E-state index in [1.165, 1.54) is 0 Å². The third kappa shape index (κ3) is 5.05. The Morgan fingerprint density at radius 3 is 2.23 bits per heavy atom. The average Bonchev–Trinajstić information content (AvgIpc) is 2.69. The van der Waals surface area contributed by atoms with E-state index in [2.05, 4.69) is 5.32 Å². The fourth-order valence-electron chi connectivity index (χ4n) is 2.60. The molecule has 26 heavy (non-hydrogen) atoms. The van der Waals surface area contributed by atoms with E-state index in [1.807, 2.05) is 24.3 Å². The number of carbonyl (C=O) groups is 1. The molecule has 0 radical (unpaired) electrons. The van der Waals surface area contributed by atoms with Crippen LogP contribution in [0.4, 0.5) is 0 Å². The van der Waals surface area contributed by atoms with Crippen LogP contribution >= 0.6 is 0 Å². The SMILES string of the molecule is COc1cccc(CCC(=O)NCc2cc(OC)c(OC)cc2OC)c1. The number of methoxy groups -OCH3 is 4. The molecule has 140 valence electrons. The van der Waals surface area contributed by atoms with Gasteiger partial charge in [-0.1, -0.05) is 12.1 Å². The van der Waals surface area contributed by atoms with Crippen molar-refractivity contribution in [1.29, 1.82) is 0 Å². The van der Waals surface area contributed by atoms with Crippen molar-refractivity contribution < 1.29 is 23.7 Å². The molecular formula is C20H25NO5. The Kier molecular flexibility index (Phi) is 7.14. The van der Waals surface area contributed by atoms with Gasteiger partial charge in [-0.25, -0.2) is 0 Å². The predicted molar refractivity (Wildman–Crippen MR) is 99.3 cm³/mol. The van der Waals surface area contributed by atoms with Crippen LogP contribution in [-0.4, -0.2) is 34.3 Å². The summed E-state index contributed by atoms with van der Waals surface area (Å²) in [6.07, 6.45) is 1.04. The number of benzene rings is 2. The van der Waals surface area contributed by atoms with Gasteiger partial charge in [0.15, 0.2) is 11.5 Å². The third-order valence-corrected chi connectivity index (χ3v) is 4.04. The first kappa shape index (κ1) is 19.4. The van der Waals surface area contributed by atoms with Crippen molar-refractivity contribution in [3.05, 3.63) is 47.5 Å². The Balaban J connectivity index is 1.96. The average molecular weight is 359 g/mol. The van der Waals surface area contributed by atoms with Gasteiger partial charge in [-0.15, -0.1) is 0 Å². The molecule has 1 N–H and O–H groups in total. The second kappa shape index (κ2) is 9.56. The quantitative estimate of drug-likeness (QED) is 0.746. The Morgan fingerprint density at radius 1 is 0.885 bits per heavy atom. The Bertz CT molecular complexity index is 745. The summed E-state index contributed by atoms with van der Waals surface area (Å²) in [5.41, 5.74) is 1.88. The molecular weight excluding hydrogens is 334 g/mol. The standard InChI is InChI=1S/C20H25NO5/c1-23-16-7-5-6-14(10-16)8-9-20(22)21-13-15-11-18(25-3)19(26-4)12-17(15)24-2/h5-7,10-12H,8-9,13H2,1-4H3,(H,21,22). The highest BCUT2D eigenvalue weighted by atomic mass is 16.5. The van der Waals surface area contributed by atoms with Crippen molar-refractivity contribution >= 4 is 5.91 Å². The number of nitrogens with one attached hydrogen (secondary N) is 1. The molecule has 0 bridgehead atoms. The van der Waals surface area contributed by atoms with Crippen LogP contribution in [0.1, 0.15) is 17.5 Å². The molecule has 6 nitrogen and oxygen atoms in total. The number of hydrogen-bond acceptors (Lipinski definition) is 5. The second-order valence-electron chi connectivity index (χ2n) is 5.65. The summed E-state index contributed by atoms with van der Waals surface area (Å²) in [5.74, 6) is 2.56. The molecule has 2 aromatic rings. The molecule has 0 unspecified atom stereocenters. The Hall–Kier alpha value is -2.89. The number of rotatable bonds is 9. The van der Waals surface area contributed by atoms with Crippen LogP contribution in [0, 0.1) is 0 Å². The normalized spacial score (nSPS) is 10.2. The third-order valence-electron chi connectivity index (χ3n) is 4.04. The number of ether oxygens (including phenoxy) is 4. The summed E-state index contributed by atoms with van der Waals surface area (Å²) in [7, 11) is 6.34. The summed E-state index contributed by atoms with van der Waals surface area (Å²) in [4.78, 5) is 12.2. The zero-order chi connectivity index (χ0) is 18.9. The van der Waals surface area contributed by atoms with Crippen LogP contribution in [-0.2, 0) is 17.8 Å². The summed E-state index contributed by atoms with van der Waals surface area (Å²) in [6.45, 7) is 0.348. The Labute approximate surface area is 154 Å². The van der Waals surface area contributed by atoms with Crippen LogP contribution in [0.5, 0.6) is 23.0 Å². The fourth-order valence-corrected chi connectivity index (χ4v) is 2.60. The van der Waals surface area contributed by atoms with Gasteiger partial charge in [0, 0.05) is 24.6 Å². The zero-order valence-electron chi connectivity index (χ0n) is 15.6. The highest BCUT2D eigenvalue weighted by Gasteiger charge is 2.12. The van der Waals surface area contributed by atoms with Gasteiger partial charge in [0.05, 0.1) is 28.4 Å². The lowest BCUT2D eigenvalue weighted by atomic mass is 10.1. The molecule has 0 aliphatic rings. The molecule has 1 amide bonds. The van der Waals surface area contributed by atoms with Gasteiger partial charge in [0.2, 0.25) is 5.91 Å². The molecule has 6 heteroatoms. The van der Waals surface area contributed by atoms with Crippen molar-refractivity contribution in [3.63, 3.8) is 0 Å². The number of amides is 1. The second-order valence-corrected chi connectivity index (χ2v) is 5.65. The summed E-state index contributed by atoms with van der Waals surface area (Å²) >= 11 is 0. The molecule has 0 saturated heterocycles. The minimum atomic E-state index is -0.0374. The highest BCUT2D eigenvalue weighted by molar-refractivity contribution is 5.76. The first-order chi connectivity index (χ1) is 12.6. The molecule has 2 rings (SSSR count). The number of hydrogen-bond donors (Lipinski definition) is 1. The van der Waals surface area contributed by atoms with Gasteiger partial charge >= 0.3 is 0 Å². The van der Waals surface area contributed by atoms with Gasteiger partial charge in [-0.05, 0) is 30.2 Å². The predicted octanol–water partition coefficient (Wildman–Crippen LogP) is 2.97. The summed E-state index contributed by atoms with van der Waals surface area (Å²) in [5, 5.41) is 2.91. The van der Waals surface area contributed by atoms with E-state index in [0.29, 0.717) is 36.6 Å². The largest absolute Gasteiger partial charge is 0.497 e. The van der Waals surface area contributed by atoms with Gasteiger partial charge < -0.3 is 24.3 Å². The summed E-state index contributed by atoms with van der Waals surface area (Å²) < 4.78 is 21.1. The molecule has 0 heterocycles. The lowest BCUT2D eigenvalue weighted by molar-refractivity contribution is -0.121. The molecule has 0 fully saturated rings. The van der Waals surface area contributed by atoms with E-state index < -0.39 is 0 Å². The van der Waals surface area contributed by atoms with Crippen LogP contribution in [0.3, 0.4) is 0 Å². The monoisotopic (exact) mass is 359 g/mol. The number of carbonyl (C=O) groups excluding carboxylic acids is 1. The van der Waals surface area contributed by atoms with Gasteiger partial charge in [0.1, 0.15) is 11.5 Å². The lowest BCUT2D eigenvalue weighted by Crippen LogP contribution is -2.23. The van der Waals surface area contributed by atoms with Crippen LogP contribution in [0.25, 0.3) is 0 Å². The molecule has 0 aliphatic heterocycles. The molecule has 0 atom stereocenters. The molecule has 0 aromatic heterocycles. The van der Waals surface area contributed by atoms with Crippen molar-refractivity contribution in [2.45, 2.75) is 19.4 Å². The first-order valence-corrected chi connectivity index (χ1v) is 8.29. The topological polar surface area (TPSA) is 66.0 Å². The zero-order valence-corrected chi connectivity index (χ0v) is 15.6. The fraction of sp³-hybridized carbons (Fsp3) is 0.350. The molecule has 2 aromatic carbocycles. The minimum Gasteiger partial charge on any atom is -0.497 e. The lowest BCUT2D eigenvalue weighted by Gasteiger charge is -2.14.